The highest BCUT2D eigenvalue weighted by Gasteiger charge is 2.70. The molecule has 0 heterocycles. The first-order chi connectivity index (χ1) is 20.1. The maximum atomic E-state index is 14.5. The minimum atomic E-state index is -5.08. The Bertz CT molecular complexity index is 1330. The lowest BCUT2D eigenvalue weighted by Crippen LogP contribution is -2.67. The van der Waals surface area contributed by atoms with Gasteiger partial charge in [0.05, 0.1) is 5.41 Å². The highest BCUT2D eigenvalue weighted by Crippen LogP contribution is 2.75. The second-order valence-electron chi connectivity index (χ2n) is 16.5. The summed E-state index contributed by atoms with van der Waals surface area (Å²) in [7, 11) is 0. The van der Waals surface area contributed by atoms with Crippen molar-refractivity contribution in [3.63, 3.8) is 0 Å². The summed E-state index contributed by atoms with van der Waals surface area (Å²) in [5, 5.41) is -0.606. The molecule has 0 radical (unpaired) electrons. The second-order valence-corrected chi connectivity index (χ2v) is 16.5. The molecule has 44 heavy (non-hydrogen) atoms. The summed E-state index contributed by atoms with van der Waals surface area (Å²) in [4.78, 5) is 44.3. The highest BCUT2D eigenvalue weighted by molar-refractivity contribution is 5.95. The van der Waals surface area contributed by atoms with Gasteiger partial charge in [-0.05, 0) is 97.4 Å². The summed E-state index contributed by atoms with van der Waals surface area (Å²) in [6.07, 6.45) is 9.08. The largest absolute Gasteiger partial charge is 0.520 e. The third-order valence-corrected chi connectivity index (χ3v) is 13.9. The number of terminal acetylenes is 1. The number of nitrogens with zero attached hydrogens (tertiary/aromatic N) is 1. The molecule has 9 atom stereocenters. The number of alkyl halides is 3. The average Bonchev–Trinajstić information content (AvgIpc) is 2.90. The topological polar surface area (TPSA) is 72.9 Å². The van der Waals surface area contributed by atoms with Gasteiger partial charge in [0, 0.05) is 18.3 Å². The van der Waals surface area contributed by atoms with E-state index in [1.165, 1.54) is 13.0 Å². The first-order valence-corrected chi connectivity index (χ1v) is 16.1. The zero-order valence-corrected chi connectivity index (χ0v) is 27.5. The molecule has 6 nitrogen and oxygen atoms in total. The zero-order chi connectivity index (χ0) is 32.9. The molecule has 0 aromatic rings. The van der Waals surface area contributed by atoms with Crippen LogP contribution < -0.4 is 0 Å². The SMILES string of the molecule is C#CON(C(=O)[C@@]1(C)CC[C@]2(C)CC[C@]3(C)C(=CC(=O)[C@@H]4[C@@]5(C)CC[C@H](OC(C)=O)C(C)(C)C5CC[C@]43C)[C@@H]2C1)C(F)(F)F. The number of halogens is 3. The van der Waals surface area contributed by atoms with Crippen molar-refractivity contribution in [3.05, 3.63) is 11.6 Å². The number of carbonyl (C=O) groups is 3. The molecular formula is C35H48F3NO5. The number of allylic oxidation sites excluding steroid dienone is 2. The summed E-state index contributed by atoms with van der Waals surface area (Å²) in [5.74, 6) is -1.66. The number of carbonyl (C=O) groups excluding carboxylic acids is 3. The van der Waals surface area contributed by atoms with Crippen LogP contribution in [0.1, 0.15) is 113 Å². The molecule has 0 aliphatic heterocycles. The Labute approximate surface area is 259 Å². The van der Waals surface area contributed by atoms with Crippen LogP contribution >= 0.6 is 0 Å². The molecule has 9 heteroatoms. The van der Waals surface area contributed by atoms with Gasteiger partial charge in [-0.25, -0.2) is 0 Å². The van der Waals surface area contributed by atoms with Crippen LogP contribution in [0.25, 0.3) is 0 Å². The third kappa shape index (κ3) is 4.47. The molecule has 5 aliphatic carbocycles. The van der Waals surface area contributed by atoms with Crippen molar-refractivity contribution in [2.75, 3.05) is 0 Å². The second kappa shape index (κ2) is 10.00. The van der Waals surface area contributed by atoms with Gasteiger partial charge in [-0.2, -0.15) is 0 Å². The molecule has 0 aromatic heterocycles. The van der Waals surface area contributed by atoms with E-state index in [4.69, 9.17) is 11.2 Å². The van der Waals surface area contributed by atoms with Gasteiger partial charge in [0.2, 0.25) is 0 Å². The summed E-state index contributed by atoms with van der Waals surface area (Å²) >= 11 is 0. The van der Waals surface area contributed by atoms with Crippen LogP contribution in [0.3, 0.4) is 0 Å². The average molecular weight is 620 g/mol. The van der Waals surface area contributed by atoms with Crippen molar-refractivity contribution < 1.29 is 37.1 Å². The monoisotopic (exact) mass is 619 g/mol. The van der Waals surface area contributed by atoms with Crippen molar-refractivity contribution in [3.8, 4) is 12.5 Å². The first kappa shape index (κ1) is 32.9. The Morgan fingerprint density at radius 1 is 0.977 bits per heavy atom. The fourth-order valence-electron chi connectivity index (χ4n) is 11.3. The quantitative estimate of drug-likeness (QED) is 0.140. The number of hydroxylamine groups is 2. The fourth-order valence-corrected chi connectivity index (χ4v) is 11.3. The normalized spacial score (nSPS) is 44.4. The molecule has 4 saturated carbocycles. The van der Waals surface area contributed by atoms with Crippen LogP contribution in [0.2, 0.25) is 0 Å². The molecule has 0 spiro atoms. The van der Waals surface area contributed by atoms with E-state index in [1.54, 1.807) is 6.92 Å². The van der Waals surface area contributed by atoms with Crippen LogP contribution in [-0.4, -0.2) is 35.1 Å². The molecule has 5 aliphatic rings. The Morgan fingerprint density at radius 2 is 1.61 bits per heavy atom. The smallest absolute Gasteiger partial charge is 0.462 e. The van der Waals surface area contributed by atoms with Gasteiger partial charge in [-0.3, -0.25) is 14.4 Å². The van der Waals surface area contributed by atoms with Crippen molar-refractivity contribution in [2.24, 2.45) is 50.2 Å². The van der Waals surface area contributed by atoms with Crippen molar-refractivity contribution >= 4 is 17.7 Å². The maximum Gasteiger partial charge on any atom is 0.520 e. The van der Waals surface area contributed by atoms with E-state index >= 15 is 0 Å². The molecule has 4 fully saturated rings. The number of ketones is 1. The summed E-state index contributed by atoms with van der Waals surface area (Å²) in [5.41, 5.74) is -1.93. The van der Waals surface area contributed by atoms with E-state index < -0.39 is 22.7 Å². The number of rotatable bonds is 3. The van der Waals surface area contributed by atoms with E-state index in [2.05, 4.69) is 46.4 Å². The fraction of sp³-hybridized carbons (Fsp3) is 0.800. The molecule has 1 amide bonds. The Morgan fingerprint density at radius 3 is 2.20 bits per heavy atom. The highest BCUT2D eigenvalue weighted by atomic mass is 19.4. The predicted molar refractivity (Wildman–Crippen MR) is 158 cm³/mol. The Balaban J connectivity index is 1.54. The molecule has 1 unspecified atom stereocenters. The zero-order valence-electron chi connectivity index (χ0n) is 27.5. The third-order valence-electron chi connectivity index (χ3n) is 13.9. The van der Waals surface area contributed by atoms with E-state index in [0.717, 1.165) is 37.7 Å². The lowest BCUT2D eigenvalue weighted by atomic mass is 9.33. The van der Waals surface area contributed by atoms with Crippen LogP contribution in [-0.2, 0) is 24.0 Å². The molecule has 0 aromatic carbocycles. The van der Waals surface area contributed by atoms with Crippen LogP contribution in [0.4, 0.5) is 13.2 Å². The minimum Gasteiger partial charge on any atom is -0.462 e. The molecule has 244 valence electrons. The Hall–Kier alpha value is -2.50. The molecule has 0 saturated heterocycles. The van der Waals surface area contributed by atoms with Crippen LogP contribution in [0, 0.1) is 62.8 Å². The number of hydrogen-bond acceptors (Lipinski definition) is 5. The Kier molecular flexibility index (Phi) is 7.47. The molecule has 0 bridgehead atoms. The van der Waals surface area contributed by atoms with Gasteiger partial charge in [0.15, 0.2) is 5.78 Å². The van der Waals surface area contributed by atoms with Crippen molar-refractivity contribution in [1.82, 2.24) is 5.06 Å². The minimum absolute atomic E-state index is 0.0874. The van der Waals surface area contributed by atoms with Gasteiger partial charge in [0.1, 0.15) is 12.2 Å². The summed E-state index contributed by atoms with van der Waals surface area (Å²) in [6, 6.07) is 0. The van der Waals surface area contributed by atoms with Crippen molar-refractivity contribution in [2.45, 2.75) is 126 Å². The van der Waals surface area contributed by atoms with E-state index in [9.17, 15) is 27.6 Å². The van der Waals surface area contributed by atoms with Gasteiger partial charge in [-0.15, -0.1) is 13.2 Å². The summed E-state index contributed by atoms with van der Waals surface area (Å²) in [6.45, 7) is 16.3. The lowest BCUT2D eigenvalue weighted by molar-refractivity contribution is -0.334. The molecular weight excluding hydrogens is 571 g/mol. The van der Waals surface area contributed by atoms with E-state index in [1.807, 2.05) is 6.08 Å². The maximum absolute atomic E-state index is 14.5. The van der Waals surface area contributed by atoms with Gasteiger partial charge in [-0.1, -0.05) is 65.5 Å². The molecule has 5 rings (SSSR count). The van der Waals surface area contributed by atoms with Crippen LogP contribution in [0.5, 0.6) is 0 Å². The van der Waals surface area contributed by atoms with E-state index in [0.29, 0.717) is 12.8 Å². The standard InChI is InChI=1S/C35H48F3NO5/c1-10-43-39(35(36,37)38)28(42)31(6)16-15-30(5)17-18-33(8)22(23(30)20-31)19-24(41)27-32(7)13-12-26(44-21(2)40)29(3,4)25(32)11-14-34(27,33)9/h1,19,23,25-27H,11-18,20H2,2-9H3/t23-,25?,26-,27+,30+,31-,32-,33+,34+/m0/s1. The number of esters is 1. The summed E-state index contributed by atoms with van der Waals surface area (Å²) < 4.78 is 47.3. The number of fused-ring (bicyclic) bond motifs is 7. The van der Waals surface area contributed by atoms with Gasteiger partial charge >= 0.3 is 12.3 Å². The molecule has 0 N–H and O–H groups in total. The predicted octanol–water partition coefficient (Wildman–Crippen LogP) is 7.77. The van der Waals surface area contributed by atoms with Gasteiger partial charge in [0.25, 0.3) is 5.91 Å². The first-order valence-electron chi connectivity index (χ1n) is 16.1. The number of hydrogen-bond donors (Lipinski definition) is 0. The van der Waals surface area contributed by atoms with E-state index in [-0.39, 0.29) is 75.5 Å². The van der Waals surface area contributed by atoms with Gasteiger partial charge < -0.3 is 9.57 Å². The van der Waals surface area contributed by atoms with Crippen LogP contribution in [0.15, 0.2) is 11.6 Å². The number of ether oxygens (including phenoxy) is 1. The number of amides is 1. The lowest BCUT2D eigenvalue weighted by Gasteiger charge is -2.70. The van der Waals surface area contributed by atoms with Crippen molar-refractivity contribution in [1.29, 1.82) is 0 Å².